The summed E-state index contributed by atoms with van der Waals surface area (Å²) in [4.78, 5) is 21.6. The van der Waals surface area contributed by atoms with Gasteiger partial charge in [0.2, 0.25) is 0 Å². The zero-order valence-corrected chi connectivity index (χ0v) is 11.7. The third-order valence-corrected chi connectivity index (χ3v) is 3.96. The predicted octanol–water partition coefficient (Wildman–Crippen LogP) is 4.07. The molecular weight excluding hydrogens is 312 g/mol. The average molecular weight is 321 g/mol. The zero-order valence-electron chi connectivity index (χ0n) is 9.30. The minimum atomic E-state index is 0.390. The third-order valence-electron chi connectivity index (χ3n) is 2.49. The van der Waals surface area contributed by atoms with Crippen molar-refractivity contribution in [2.24, 2.45) is 0 Å². The van der Waals surface area contributed by atoms with Gasteiger partial charge in [-0.15, -0.1) is 0 Å². The Morgan fingerprint density at radius 2 is 1.89 bits per heavy atom. The van der Waals surface area contributed by atoms with Crippen molar-refractivity contribution in [1.29, 1.82) is 0 Å². The molecule has 18 heavy (non-hydrogen) atoms. The standard InChI is InChI=1S/C14H9BrO2S/c15-14-11(7-12(8-16)18-9-17)6-5-10-3-1-2-4-13(10)14/h1-9H/b12-7-. The molecule has 0 bridgehead atoms. The second kappa shape index (κ2) is 5.98. The fourth-order valence-electron chi connectivity index (χ4n) is 1.67. The van der Waals surface area contributed by atoms with E-state index >= 15 is 0 Å². The molecule has 0 atom stereocenters. The number of fused-ring (bicyclic) bond motifs is 1. The summed E-state index contributed by atoms with van der Waals surface area (Å²) < 4.78 is 0.923. The largest absolute Gasteiger partial charge is 0.297 e. The molecule has 0 aliphatic rings. The minimum Gasteiger partial charge on any atom is -0.297 e. The Kier molecular flexibility index (Phi) is 4.33. The topological polar surface area (TPSA) is 34.1 Å². The number of thioether (sulfide) groups is 1. The molecule has 2 rings (SSSR count). The van der Waals surface area contributed by atoms with E-state index in [4.69, 9.17) is 0 Å². The molecular formula is C14H9BrO2S. The van der Waals surface area contributed by atoms with E-state index < -0.39 is 0 Å². The molecule has 0 amide bonds. The number of aldehydes is 1. The number of halogens is 1. The van der Waals surface area contributed by atoms with Crippen LogP contribution < -0.4 is 0 Å². The van der Waals surface area contributed by atoms with E-state index in [0.29, 0.717) is 16.8 Å². The van der Waals surface area contributed by atoms with Gasteiger partial charge in [-0.3, -0.25) is 9.59 Å². The maximum absolute atomic E-state index is 10.8. The lowest BCUT2D eigenvalue weighted by Crippen LogP contribution is -1.83. The summed E-state index contributed by atoms with van der Waals surface area (Å²) in [5.41, 5.74) is 1.53. The molecule has 0 heterocycles. The van der Waals surface area contributed by atoms with E-state index in [-0.39, 0.29) is 0 Å². The predicted molar refractivity (Wildman–Crippen MR) is 80.0 cm³/mol. The van der Waals surface area contributed by atoms with Crippen molar-refractivity contribution in [3.8, 4) is 0 Å². The van der Waals surface area contributed by atoms with Crippen LogP contribution in [0.4, 0.5) is 0 Å². The van der Waals surface area contributed by atoms with Crippen LogP contribution in [0.2, 0.25) is 0 Å². The first-order chi connectivity index (χ1) is 8.76. The maximum atomic E-state index is 10.8. The summed E-state index contributed by atoms with van der Waals surface area (Å²) >= 11 is 4.41. The highest BCUT2D eigenvalue weighted by Gasteiger charge is 2.04. The highest BCUT2D eigenvalue weighted by Crippen LogP contribution is 2.30. The number of hydrogen-bond acceptors (Lipinski definition) is 3. The first-order valence-electron chi connectivity index (χ1n) is 5.20. The van der Waals surface area contributed by atoms with Crippen LogP contribution in [-0.2, 0) is 9.59 Å². The van der Waals surface area contributed by atoms with Crippen molar-refractivity contribution in [3.63, 3.8) is 0 Å². The first-order valence-corrected chi connectivity index (χ1v) is 6.88. The third kappa shape index (κ3) is 2.71. The maximum Gasteiger partial charge on any atom is 0.181 e. The Morgan fingerprint density at radius 3 is 2.61 bits per heavy atom. The van der Waals surface area contributed by atoms with Crippen LogP contribution in [-0.4, -0.2) is 11.9 Å². The van der Waals surface area contributed by atoms with Crippen LogP contribution in [0.5, 0.6) is 0 Å². The molecule has 0 aromatic heterocycles. The normalized spacial score (nSPS) is 11.5. The Morgan fingerprint density at radius 1 is 1.11 bits per heavy atom. The van der Waals surface area contributed by atoms with Gasteiger partial charge in [0.05, 0.1) is 4.91 Å². The van der Waals surface area contributed by atoms with E-state index in [1.54, 1.807) is 6.08 Å². The molecule has 2 nitrogen and oxygen atoms in total. The summed E-state index contributed by atoms with van der Waals surface area (Å²) in [6, 6.07) is 11.9. The molecule has 0 spiro atoms. The zero-order chi connectivity index (χ0) is 13.0. The van der Waals surface area contributed by atoms with Crippen molar-refractivity contribution in [2.75, 3.05) is 0 Å². The highest BCUT2D eigenvalue weighted by atomic mass is 79.9. The van der Waals surface area contributed by atoms with Crippen LogP contribution in [0.3, 0.4) is 0 Å². The lowest BCUT2D eigenvalue weighted by molar-refractivity contribution is -0.104. The van der Waals surface area contributed by atoms with Gasteiger partial charge in [0, 0.05) is 4.47 Å². The monoisotopic (exact) mass is 320 g/mol. The lowest BCUT2D eigenvalue weighted by atomic mass is 10.1. The Labute approximate surface area is 117 Å². The van der Waals surface area contributed by atoms with Crippen LogP contribution in [0.25, 0.3) is 16.8 Å². The van der Waals surface area contributed by atoms with Gasteiger partial charge in [0.15, 0.2) is 11.9 Å². The Hall–Kier alpha value is -1.39. The number of carbonyl (C=O) groups is 2. The number of benzene rings is 2. The number of allylic oxidation sites excluding steroid dienone is 1. The molecule has 4 heteroatoms. The van der Waals surface area contributed by atoms with E-state index in [9.17, 15) is 9.59 Å². The molecule has 0 aliphatic heterocycles. The van der Waals surface area contributed by atoms with Gasteiger partial charge in [0.1, 0.15) is 0 Å². The fourth-order valence-corrected chi connectivity index (χ4v) is 2.64. The van der Waals surface area contributed by atoms with Crippen LogP contribution in [0, 0.1) is 0 Å². The molecule has 0 aliphatic carbocycles. The highest BCUT2D eigenvalue weighted by molar-refractivity contribution is 9.10. The molecule has 2 aromatic rings. The molecule has 2 aromatic carbocycles. The van der Waals surface area contributed by atoms with Crippen molar-refractivity contribution < 1.29 is 9.59 Å². The summed E-state index contributed by atoms with van der Waals surface area (Å²) in [6.45, 7) is 0. The lowest BCUT2D eigenvalue weighted by Gasteiger charge is -2.04. The molecule has 90 valence electrons. The van der Waals surface area contributed by atoms with Crippen molar-refractivity contribution in [1.82, 2.24) is 0 Å². The van der Waals surface area contributed by atoms with Gasteiger partial charge in [-0.1, -0.05) is 48.2 Å². The van der Waals surface area contributed by atoms with Crippen molar-refractivity contribution in [2.45, 2.75) is 0 Å². The number of carbonyl (C=O) groups excluding carboxylic acids is 2. The molecule has 0 N–H and O–H groups in total. The second-order valence-electron chi connectivity index (χ2n) is 3.57. The Bertz CT molecular complexity index is 635. The number of rotatable bonds is 4. The molecule has 0 fully saturated rings. The summed E-state index contributed by atoms with van der Waals surface area (Å²) in [6.07, 6.45) is 2.38. The summed E-state index contributed by atoms with van der Waals surface area (Å²) in [5, 5.41) is 2.20. The van der Waals surface area contributed by atoms with Gasteiger partial charge < -0.3 is 0 Å². The first kappa shape index (κ1) is 13.1. The van der Waals surface area contributed by atoms with E-state index in [1.807, 2.05) is 36.4 Å². The molecule has 0 radical (unpaired) electrons. The van der Waals surface area contributed by atoms with E-state index in [2.05, 4.69) is 15.9 Å². The van der Waals surface area contributed by atoms with Gasteiger partial charge >= 0.3 is 0 Å². The Balaban J connectivity index is 2.55. The second-order valence-corrected chi connectivity index (χ2v) is 5.26. The number of hydrogen-bond donors (Lipinski definition) is 0. The van der Waals surface area contributed by atoms with E-state index in [1.165, 1.54) is 0 Å². The fraction of sp³-hybridized carbons (Fsp3) is 0. The van der Waals surface area contributed by atoms with Gasteiger partial charge in [-0.25, -0.2) is 0 Å². The van der Waals surface area contributed by atoms with Crippen LogP contribution in [0.15, 0.2) is 45.8 Å². The van der Waals surface area contributed by atoms with Crippen molar-refractivity contribution >= 4 is 56.4 Å². The molecule has 0 saturated heterocycles. The van der Waals surface area contributed by atoms with Gasteiger partial charge in [0.25, 0.3) is 0 Å². The summed E-state index contributed by atoms with van der Waals surface area (Å²) in [5.74, 6) is 0. The summed E-state index contributed by atoms with van der Waals surface area (Å²) in [7, 11) is 0. The quantitative estimate of drug-likeness (QED) is 0.629. The smallest absolute Gasteiger partial charge is 0.181 e. The van der Waals surface area contributed by atoms with Gasteiger partial charge in [-0.05, 0) is 38.3 Å². The van der Waals surface area contributed by atoms with E-state index in [0.717, 1.165) is 32.6 Å². The SMILES string of the molecule is O=CS/C(C=O)=C\c1ccc2ccccc2c1Br. The minimum absolute atomic E-state index is 0.390. The average Bonchev–Trinajstić information content (AvgIpc) is 2.41. The van der Waals surface area contributed by atoms with Crippen LogP contribution in [0.1, 0.15) is 5.56 Å². The van der Waals surface area contributed by atoms with Crippen molar-refractivity contribution in [3.05, 3.63) is 51.3 Å². The molecule has 0 saturated carbocycles. The van der Waals surface area contributed by atoms with Gasteiger partial charge in [-0.2, -0.15) is 0 Å². The molecule has 0 unspecified atom stereocenters. The van der Waals surface area contributed by atoms with Crippen LogP contribution >= 0.6 is 27.7 Å².